The molecule has 14 heavy (non-hydrogen) atoms. The first kappa shape index (κ1) is 9.17. The average molecular weight is 210 g/mol. The third-order valence-electron chi connectivity index (χ3n) is 2.05. The molecule has 1 amide bonds. The predicted molar refractivity (Wildman–Crippen MR) is 55.0 cm³/mol. The molecule has 0 aromatic carbocycles. The molecule has 2 rings (SSSR count). The first-order valence-electron chi connectivity index (χ1n) is 4.07. The number of rotatable bonds is 1. The van der Waals surface area contributed by atoms with Crippen LogP contribution in [-0.2, 0) is 7.05 Å². The van der Waals surface area contributed by atoms with Gasteiger partial charge in [-0.25, -0.2) is 5.84 Å². The van der Waals surface area contributed by atoms with Gasteiger partial charge in [-0.1, -0.05) is 0 Å². The third kappa shape index (κ3) is 1.19. The molecule has 0 aliphatic rings. The molecule has 2 heterocycles. The molecular formula is C8H10N4OS. The monoisotopic (exact) mass is 210 g/mol. The van der Waals surface area contributed by atoms with Gasteiger partial charge < -0.3 is 0 Å². The van der Waals surface area contributed by atoms with E-state index in [1.807, 2.05) is 20.0 Å². The number of nitrogens with one attached hydrogen (secondary N) is 1. The highest BCUT2D eigenvalue weighted by Crippen LogP contribution is 2.27. The van der Waals surface area contributed by atoms with Gasteiger partial charge >= 0.3 is 0 Å². The number of hydrazine groups is 1. The quantitative estimate of drug-likeness (QED) is 0.410. The summed E-state index contributed by atoms with van der Waals surface area (Å²) >= 11 is 1.39. The number of thiophene rings is 1. The van der Waals surface area contributed by atoms with E-state index >= 15 is 0 Å². The first-order valence-corrected chi connectivity index (χ1v) is 4.89. The number of amides is 1. The lowest BCUT2D eigenvalue weighted by Crippen LogP contribution is -2.29. The molecule has 74 valence electrons. The minimum Gasteiger partial charge on any atom is -0.289 e. The molecule has 0 atom stereocenters. The molecule has 0 spiro atoms. The van der Waals surface area contributed by atoms with Gasteiger partial charge in [0.05, 0.1) is 10.6 Å². The predicted octanol–water partition coefficient (Wildman–Crippen LogP) is 0.547. The molecule has 0 bridgehead atoms. The molecule has 3 N–H and O–H groups in total. The van der Waals surface area contributed by atoms with Crippen LogP contribution in [0.25, 0.3) is 10.2 Å². The fourth-order valence-electron chi connectivity index (χ4n) is 1.39. The minimum absolute atomic E-state index is 0.259. The Hall–Kier alpha value is -1.40. The fraction of sp³-hybridized carbons (Fsp3) is 0.250. The Kier molecular flexibility index (Phi) is 2.01. The van der Waals surface area contributed by atoms with Crippen molar-refractivity contribution in [2.24, 2.45) is 12.9 Å². The Bertz CT molecular complexity index is 464. The fourth-order valence-corrected chi connectivity index (χ4v) is 2.41. The van der Waals surface area contributed by atoms with Crippen LogP contribution in [0.5, 0.6) is 0 Å². The van der Waals surface area contributed by atoms with Crippen LogP contribution in [0.15, 0.2) is 6.07 Å². The van der Waals surface area contributed by atoms with Gasteiger partial charge in [0.1, 0.15) is 4.83 Å². The Morgan fingerprint density at radius 1 is 1.71 bits per heavy atom. The topological polar surface area (TPSA) is 72.9 Å². The van der Waals surface area contributed by atoms with E-state index in [0.29, 0.717) is 4.88 Å². The van der Waals surface area contributed by atoms with E-state index in [2.05, 4.69) is 10.5 Å². The molecule has 0 saturated heterocycles. The number of nitrogens with two attached hydrogens (primary N) is 1. The highest BCUT2D eigenvalue weighted by atomic mass is 32.1. The Labute approximate surface area is 84.5 Å². The summed E-state index contributed by atoms with van der Waals surface area (Å²) in [4.78, 5) is 12.8. The van der Waals surface area contributed by atoms with Crippen LogP contribution in [-0.4, -0.2) is 15.7 Å². The molecule has 2 aromatic heterocycles. The SMILES string of the molecule is Cc1nn(C)c2sc(C(=O)NN)cc12. The lowest BCUT2D eigenvalue weighted by Gasteiger charge is -1.92. The Morgan fingerprint density at radius 2 is 2.43 bits per heavy atom. The number of hydrogen-bond donors (Lipinski definition) is 2. The molecule has 6 heteroatoms. The lowest BCUT2D eigenvalue weighted by molar-refractivity contribution is 0.0958. The highest BCUT2D eigenvalue weighted by molar-refractivity contribution is 7.20. The van der Waals surface area contributed by atoms with E-state index in [-0.39, 0.29) is 5.91 Å². The largest absolute Gasteiger partial charge is 0.289 e. The second-order valence-electron chi connectivity index (χ2n) is 3.01. The van der Waals surface area contributed by atoms with Crippen LogP contribution in [0.3, 0.4) is 0 Å². The molecule has 0 aliphatic heterocycles. The summed E-state index contributed by atoms with van der Waals surface area (Å²) < 4.78 is 1.77. The molecule has 5 nitrogen and oxygen atoms in total. The zero-order chi connectivity index (χ0) is 10.3. The van der Waals surface area contributed by atoms with Gasteiger partial charge in [-0.2, -0.15) is 5.10 Å². The zero-order valence-corrected chi connectivity index (χ0v) is 8.68. The number of hydrogen-bond acceptors (Lipinski definition) is 4. The second-order valence-corrected chi connectivity index (χ2v) is 4.04. The van der Waals surface area contributed by atoms with Crippen molar-refractivity contribution in [1.82, 2.24) is 15.2 Å². The summed E-state index contributed by atoms with van der Waals surface area (Å²) in [5.74, 6) is 4.80. The summed E-state index contributed by atoms with van der Waals surface area (Å²) in [6, 6.07) is 1.81. The summed E-state index contributed by atoms with van der Waals surface area (Å²) in [6.07, 6.45) is 0. The van der Waals surface area contributed by atoms with Crippen molar-refractivity contribution in [2.75, 3.05) is 0 Å². The number of carbonyl (C=O) groups excluding carboxylic acids is 1. The van der Waals surface area contributed by atoms with Gasteiger partial charge in [-0.3, -0.25) is 14.9 Å². The van der Waals surface area contributed by atoms with Crippen LogP contribution in [0.1, 0.15) is 15.4 Å². The zero-order valence-electron chi connectivity index (χ0n) is 7.87. The van der Waals surface area contributed by atoms with Gasteiger partial charge in [-0.05, 0) is 13.0 Å². The molecule has 0 fully saturated rings. The summed E-state index contributed by atoms with van der Waals surface area (Å²) in [6.45, 7) is 1.92. The van der Waals surface area contributed by atoms with E-state index < -0.39 is 0 Å². The molecule has 2 aromatic rings. The van der Waals surface area contributed by atoms with Crippen molar-refractivity contribution in [2.45, 2.75) is 6.92 Å². The highest BCUT2D eigenvalue weighted by Gasteiger charge is 2.13. The maximum absolute atomic E-state index is 11.2. The molecule has 0 saturated carbocycles. The van der Waals surface area contributed by atoms with Crippen molar-refractivity contribution in [3.63, 3.8) is 0 Å². The van der Waals surface area contributed by atoms with Crippen LogP contribution in [0.2, 0.25) is 0 Å². The molecule has 0 radical (unpaired) electrons. The second kappa shape index (κ2) is 3.07. The van der Waals surface area contributed by atoms with Gasteiger partial charge in [0, 0.05) is 12.4 Å². The van der Waals surface area contributed by atoms with Crippen molar-refractivity contribution in [3.05, 3.63) is 16.6 Å². The van der Waals surface area contributed by atoms with Crippen LogP contribution in [0, 0.1) is 6.92 Å². The number of aryl methyl sites for hydroxylation is 2. The minimum atomic E-state index is -0.259. The van der Waals surface area contributed by atoms with Crippen LogP contribution in [0.4, 0.5) is 0 Å². The number of nitrogen functional groups attached to an aromatic ring is 1. The van der Waals surface area contributed by atoms with E-state index in [0.717, 1.165) is 15.9 Å². The average Bonchev–Trinajstić information content (AvgIpc) is 2.69. The summed E-state index contributed by atoms with van der Waals surface area (Å²) in [7, 11) is 1.86. The van der Waals surface area contributed by atoms with Crippen molar-refractivity contribution < 1.29 is 4.79 Å². The number of carbonyl (C=O) groups is 1. The lowest BCUT2D eigenvalue weighted by atomic mass is 10.3. The van der Waals surface area contributed by atoms with E-state index in [9.17, 15) is 4.79 Å². The van der Waals surface area contributed by atoms with Crippen molar-refractivity contribution in [1.29, 1.82) is 0 Å². The molecule has 0 unspecified atom stereocenters. The first-order chi connectivity index (χ1) is 6.63. The van der Waals surface area contributed by atoms with Crippen LogP contribution < -0.4 is 11.3 Å². The van der Waals surface area contributed by atoms with Crippen molar-refractivity contribution in [3.8, 4) is 0 Å². The Morgan fingerprint density at radius 3 is 3.00 bits per heavy atom. The van der Waals surface area contributed by atoms with Gasteiger partial charge in [-0.15, -0.1) is 11.3 Å². The number of nitrogens with zero attached hydrogens (tertiary/aromatic N) is 2. The normalized spacial score (nSPS) is 10.8. The standard InChI is InChI=1S/C8H10N4OS/c1-4-5-3-6(7(13)10-9)14-8(5)12(2)11-4/h3H,9H2,1-2H3,(H,10,13). The van der Waals surface area contributed by atoms with E-state index in [4.69, 9.17) is 5.84 Å². The maximum Gasteiger partial charge on any atom is 0.275 e. The molecular weight excluding hydrogens is 200 g/mol. The smallest absolute Gasteiger partial charge is 0.275 e. The van der Waals surface area contributed by atoms with Gasteiger partial charge in [0.2, 0.25) is 0 Å². The Balaban J connectivity index is 2.63. The van der Waals surface area contributed by atoms with Crippen LogP contribution >= 0.6 is 11.3 Å². The maximum atomic E-state index is 11.2. The number of fused-ring (bicyclic) bond motifs is 1. The van der Waals surface area contributed by atoms with Gasteiger partial charge in [0.15, 0.2) is 0 Å². The molecule has 0 aliphatic carbocycles. The van der Waals surface area contributed by atoms with Gasteiger partial charge in [0.25, 0.3) is 5.91 Å². The summed E-state index contributed by atoms with van der Waals surface area (Å²) in [5, 5.41) is 5.25. The van der Waals surface area contributed by atoms with E-state index in [1.54, 1.807) is 4.68 Å². The third-order valence-corrected chi connectivity index (χ3v) is 3.25. The van der Waals surface area contributed by atoms with E-state index in [1.165, 1.54) is 11.3 Å². The number of aromatic nitrogens is 2. The van der Waals surface area contributed by atoms with Crippen molar-refractivity contribution >= 4 is 27.5 Å². The summed E-state index contributed by atoms with van der Waals surface area (Å²) in [5.41, 5.74) is 3.04.